The van der Waals surface area contributed by atoms with E-state index < -0.39 is 44.5 Å². The maximum atomic E-state index is 13.3. The first-order valence-corrected chi connectivity index (χ1v) is 12.4. The molecule has 4 rings (SSSR count). The number of nitrogens with zero attached hydrogens (tertiary/aromatic N) is 1. The first-order chi connectivity index (χ1) is 17.3. The highest BCUT2D eigenvalue weighted by Gasteiger charge is 2.46. The summed E-state index contributed by atoms with van der Waals surface area (Å²) in [5.74, 6) is 5.05. The van der Waals surface area contributed by atoms with Crippen molar-refractivity contribution in [3.8, 4) is 11.8 Å². The monoisotopic (exact) mass is 510 g/mol. The molecule has 5 atom stereocenters. The molecule has 0 bridgehead atoms. The fourth-order valence-corrected chi connectivity index (χ4v) is 4.85. The number of carbonyl (C=O) groups is 1. The summed E-state index contributed by atoms with van der Waals surface area (Å²) < 4.78 is 23.9. The number of aliphatic hydroxyl groups is 3. The number of hydroxylamine groups is 1. The van der Waals surface area contributed by atoms with Crippen molar-refractivity contribution in [2.75, 3.05) is 6.61 Å². The van der Waals surface area contributed by atoms with E-state index in [9.17, 15) is 29.6 Å². The summed E-state index contributed by atoms with van der Waals surface area (Å²) in [6.45, 7) is -0.587. The van der Waals surface area contributed by atoms with Crippen molar-refractivity contribution in [2.24, 2.45) is 0 Å². The van der Waals surface area contributed by atoms with Crippen LogP contribution >= 0.6 is 7.60 Å². The Hall–Kier alpha value is -3.39. The number of rotatable bonds is 6. The highest BCUT2D eigenvalue weighted by molar-refractivity contribution is 7.61. The number of benzene rings is 2. The largest absolute Gasteiger partial charge is 0.394 e. The zero-order valence-corrected chi connectivity index (χ0v) is 19.7. The molecule has 1 aliphatic rings. The molecular formula is C25H23N2O8P. The summed E-state index contributed by atoms with van der Waals surface area (Å²) in [4.78, 5) is 26.9. The minimum Gasteiger partial charge on any atom is -0.394 e. The number of pyridine rings is 1. The van der Waals surface area contributed by atoms with Crippen molar-refractivity contribution >= 4 is 18.8 Å². The van der Waals surface area contributed by atoms with Crippen molar-refractivity contribution in [2.45, 2.75) is 24.4 Å². The van der Waals surface area contributed by atoms with Crippen molar-refractivity contribution < 1.29 is 38.9 Å². The predicted octanol–water partition coefficient (Wildman–Crippen LogP) is 0.808. The smallest absolute Gasteiger partial charge is 0.380 e. The molecule has 11 heteroatoms. The predicted molar refractivity (Wildman–Crippen MR) is 128 cm³/mol. The van der Waals surface area contributed by atoms with E-state index >= 15 is 0 Å². The van der Waals surface area contributed by atoms with E-state index in [4.69, 9.17) is 9.36 Å². The van der Waals surface area contributed by atoms with Crippen LogP contribution in [0, 0.1) is 11.8 Å². The molecular weight excluding hydrogens is 487 g/mol. The zero-order chi connectivity index (χ0) is 25.7. The summed E-state index contributed by atoms with van der Waals surface area (Å²) in [6.07, 6.45) is -2.71. The van der Waals surface area contributed by atoms with Crippen molar-refractivity contribution in [1.82, 2.24) is 10.5 Å². The molecule has 186 valence electrons. The number of aromatic nitrogens is 1. The Morgan fingerprint density at radius 3 is 2.50 bits per heavy atom. The van der Waals surface area contributed by atoms with Crippen molar-refractivity contribution in [3.05, 3.63) is 95.3 Å². The van der Waals surface area contributed by atoms with Gasteiger partial charge in [-0.3, -0.25) is 14.3 Å². The van der Waals surface area contributed by atoms with E-state index in [1.165, 1.54) is 36.7 Å². The van der Waals surface area contributed by atoms with Crippen LogP contribution in [0.1, 0.15) is 33.2 Å². The second kappa shape index (κ2) is 11.1. The van der Waals surface area contributed by atoms with Crippen LogP contribution in [0.5, 0.6) is 0 Å². The van der Waals surface area contributed by atoms with Crippen LogP contribution in [0.2, 0.25) is 0 Å². The van der Waals surface area contributed by atoms with E-state index in [1.54, 1.807) is 30.3 Å². The third kappa shape index (κ3) is 5.54. The second-order valence-electron chi connectivity index (χ2n) is 7.90. The van der Waals surface area contributed by atoms with Gasteiger partial charge in [-0.25, -0.2) is 5.48 Å². The maximum absolute atomic E-state index is 13.3. The molecule has 2 unspecified atom stereocenters. The molecule has 1 saturated heterocycles. The molecule has 1 fully saturated rings. The van der Waals surface area contributed by atoms with E-state index in [0.717, 1.165) is 0 Å². The molecule has 2 aromatic carbocycles. The lowest BCUT2D eigenvalue weighted by Gasteiger charge is -2.22. The van der Waals surface area contributed by atoms with E-state index in [1.807, 2.05) is 11.5 Å². The van der Waals surface area contributed by atoms with Gasteiger partial charge in [-0.05, 0) is 36.4 Å². The van der Waals surface area contributed by atoms with Gasteiger partial charge in [-0.15, -0.1) is 0 Å². The third-order valence-electron chi connectivity index (χ3n) is 5.52. The topological polar surface area (TPSA) is 158 Å². The Morgan fingerprint density at radius 1 is 1.06 bits per heavy atom. The van der Waals surface area contributed by atoms with Gasteiger partial charge >= 0.3 is 7.60 Å². The molecule has 1 amide bonds. The molecule has 1 aliphatic heterocycles. The van der Waals surface area contributed by atoms with Gasteiger partial charge in [0.15, 0.2) is 0 Å². The molecule has 0 aliphatic carbocycles. The standard InChI is InChI=1S/C25H23N2O8P/c28-15-19-22(29)23(30)24(34-19)21-17(12-11-16-6-2-1-3-7-16)8-4-10-20(21)36(32,33)35-27-25(31)18-9-5-13-26-14-18/h1-10,13-14,19,22-24,28-30H,15H2,(H,27,31)(H,32,33)/t19-,22-,23-,24?/m1/s1. The lowest BCUT2D eigenvalue weighted by Crippen LogP contribution is -2.33. The average molecular weight is 510 g/mol. The van der Waals surface area contributed by atoms with Gasteiger partial charge in [0.1, 0.15) is 24.4 Å². The Labute approximate surface area is 206 Å². The van der Waals surface area contributed by atoms with Gasteiger partial charge in [0.25, 0.3) is 5.91 Å². The molecule has 0 radical (unpaired) electrons. The van der Waals surface area contributed by atoms with Gasteiger partial charge in [-0.1, -0.05) is 36.1 Å². The number of hydrogen-bond donors (Lipinski definition) is 5. The number of amides is 1. The number of aliphatic hydroxyl groups excluding tert-OH is 3. The van der Waals surface area contributed by atoms with Gasteiger partial charge in [-0.2, -0.15) is 4.62 Å². The van der Waals surface area contributed by atoms with Crippen molar-refractivity contribution in [3.63, 3.8) is 0 Å². The summed E-state index contributed by atoms with van der Waals surface area (Å²) in [7, 11) is -4.76. The first kappa shape index (κ1) is 25.7. The normalized spacial score (nSPS) is 22.8. The van der Waals surface area contributed by atoms with Crippen LogP contribution in [-0.4, -0.2) is 56.0 Å². The molecule has 3 aromatic rings. The fraction of sp³-hybridized carbons (Fsp3) is 0.200. The molecule has 5 N–H and O–H groups in total. The molecule has 1 aromatic heterocycles. The summed E-state index contributed by atoms with van der Waals surface area (Å²) in [5, 5.41) is 30.2. The molecule has 0 saturated carbocycles. The van der Waals surface area contributed by atoms with Gasteiger partial charge < -0.3 is 24.9 Å². The fourth-order valence-electron chi connectivity index (χ4n) is 3.72. The lowest BCUT2D eigenvalue weighted by atomic mass is 9.97. The SMILES string of the molecule is O=C(NOP(=O)(O)c1cccc(C#Cc2ccccc2)c1C1O[C@H](CO)[C@@H](O)[C@H]1O)c1cccnc1. The minimum absolute atomic E-state index is 0.00936. The molecule has 2 heterocycles. The summed E-state index contributed by atoms with van der Waals surface area (Å²) >= 11 is 0. The van der Waals surface area contributed by atoms with Crippen molar-refractivity contribution in [1.29, 1.82) is 0 Å². The average Bonchev–Trinajstić information content (AvgIpc) is 3.20. The van der Waals surface area contributed by atoms with Gasteiger partial charge in [0.05, 0.1) is 17.5 Å². The minimum atomic E-state index is -4.76. The highest BCUT2D eigenvalue weighted by atomic mass is 31.2. The maximum Gasteiger partial charge on any atom is 0.380 e. The number of ether oxygens (including phenoxy) is 1. The quantitative estimate of drug-likeness (QED) is 0.184. The zero-order valence-electron chi connectivity index (χ0n) is 18.8. The Balaban J connectivity index is 1.73. The Morgan fingerprint density at radius 2 is 1.83 bits per heavy atom. The Bertz CT molecular complexity index is 1330. The van der Waals surface area contributed by atoms with Crippen LogP contribution in [0.4, 0.5) is 0 Å². The van der Waals surface area contributed by atoms with Crippen LogP contribution in [0.25, 0.3) is 0 Å². The highest BCUT2D eigenvalue weighted by Crippen LogP contribution is 2.45. The number of nitrogens with one attached hydrogen (secondary N) is 1. The van der Waals surface area contributed by atoms with Crippen LogP contribution in [0.15, 0.2) is 73.1 Å². The first-order valence-electron chi connectivity index (χ1n) is 10.9. The molecule has 0 spiro atoms. The van der Waals surface area contributed by atoms with Crippen LogP contribution < -0.4 is 10.8 Å². The van der Waals surface area contributed by atoms with Gasteiger partial charge in [0, 0.05) is 29.1 Å². The third-order valence-corrected chi connectivity index (χ3v) is 6.85. The van der Waals surface area contributed by atoms with Crippen LogP contribution in [0.3, 0.4) is 0 Å². The molecule has 36 heavy (non-hydrogen) atoms. The summed E-state index contributed by atoms with van der Waals surface area (Å²) in [6, 6.07) is 16.2. The Kier molecular flexibility index (Phi) is 7.94. The molecule has 10 nitrogen and oxygen atoms in total. The number of carbonyl (C=O) groups excluding carboxylic acids is 1. The summed E-state index contributed by atoms with van der Waals surface area (Å²) in [5.41, 5.74) is 2.94. The van der Waals surface area contributed by atoms with Crippen LogP contribution in [-0.2, 0) is 13.9 Å². The lowest BCUT2D eigenvalue weighted by molar-refractivity contribution is -0.0226. The second-order valence-corrected chi connectivity index (χ2v) is 9.60. The van der Waals surface area contributed by atoms with E-state index in [2.05, 4.69) is 16.8 Å². The van der Waals surface area contributed by atoms with Gasteiger partial charge in [0.2, 0.25) is 0 Å². The van der Waals surface area contributed by atoms with E-state index in [0.29, 0.717) is 5.56 Å². The number of hydrogen-bond acceptors (Lipinski definition) is 8. The van der Waals surface area contributed by atoms with E-state index in [-0.39, 0.29) is 22.0 Å².